The molecule has 52 heavy (non-hydrogen) atoms. The van der Waals surface area contributed by atoms with Crippen LogP contribution >= 0.6 is 7.82 Å². The third-order valence-electron chi connectivity index (χ3n) is 9.44. The van der Waals surface area contributed by atoms with Crippen LogP contribution in [0.4, 0.5) is 0 Å². The Morgan fingerprint density at radius 1 is 0.481 bits per heavy atom. The van der Waals surface area contributed by atoms with Crippen molar-refractivity contribution in [2.45, 2.75) is 225 Å². The largest absolute Gasteiger partial charge is 0.469 e. The second-order valence-corrected chi connectivity index (χ2v) is 15.9. The predicted molar refractivity (Wildman–Crippen MR) is 216 cm³/mol. The fourth-order valence-electron chi connectivity index (χ4n) is 6.19. The van der Waals surface area contributed by atoms with Gasteiger partial charge in [-0.2, -0.15) is 0 Å². The summed E-state index contributed by atoms with van der Waals surface area (Å²) in [6, 6.07) is 0. The maximum atomic E-state index is 12.4. The Morgan fingerprint density at radius 2 is 0.808 bits per heavy atom. The van der Waals surface area contributed by atoms with Gasteiger partial charge in [-0.1, -0.05) is 167 Å². The van der Waals surface area contributed by atoms with Crippen molar-refractivity contribution in [2.24, 2.45) is 0 Å². The molecule has 0 aliphatic heterocycles. The second kappa shape index (κ2) is 39.2. The summed E-state index contributed by atoms with van der Waals surface area (Å²) < 4.78 is 26.4. The maximum Gasteiger partial charge on any atom is 0.469 e. The van der Waals surface area contributed by atoms with Crippen LogP contribution in [0.25, 0.3) is 0 Å². The van der Waals surface area contributed by atoms with Crippen LogP contribution < -0.4 is 0 Å². The fraction of sp³-hybridized carbons (Fsp3) is 0.860. The molecular weight excluding hydrogens is 675 g/mol. The van der Waals surface area contributed by atoms with Crippen molar-refractivity contribution < 1.29 is 37.9 Å². The van der Waals surface area contributed by atoms with Crippen LogP contribution in [0.3, 0.4) is 0 Å². The first-order valence-electron chi connectivity index (χ1n) is 21.6. The SMILES string of the molecule is CCCCCCCC/C=C/CCCCCCCCCCCC(=O)O[C@H](COC(=O)CCCCC/C=C/CCCCCCCCCC)COP(=O)(O)O. The molecule has 306 valence electrons. The number of phosphoric acid groups is 1. The van der Waals surface area contributed by atoms with Crippen LogP contribution in [0.15, 0.2) is 24.3 Å². The molecule has 0 rings (SSSR count). The minimum atomic E-state index is -4.75. The molecule has 0 aromatic heterocycles. The molecule has 0 aliphatic carbocycles. The Morgan fingerprint density at radius 3 is 1.19 bits per heavy atom. The molecule has 0 aromatic rings. The zero-order chi connectivity index (χ0) is 38.2. The van der Waals surface area contributed by atoms with Crippen LogP contribution in [0.1, 0.15) is 219 Å². The Bertz CT molecular complexity index is 900. The molecule has 0 bridgehead atoms. The molecule has 1 atom stereocenters. The molecule has 0 saturated heterocycles. The van der Waals surface area contributed by atoms with Crippen molar-refractivity contribution in [3.05, 3.63) is 24.3 Å². The quantitative estimate of drug-likeness (QED) is 0.0274. The molecule has 0 heterocycles. The molecular formula is C43H81O8P. The summed E-state index contributed by atoms with van der Waals surface area (Å²) in [7, 11) is -4.75. The molecule has 0 unspecified atom stereocenters. The highest BCUT2D eigenvalue weighted by atomic mass is 31.2. The number of allylic oxidation sites excluding steroid dienone is 4. The van der Waals surface area contributed by atoms with Gasteiger partial charge in [0, 0.05) is 12.8 Å². The van der Waals surface area contributed by atoms with Crippen LogP contribution in [0, 0.1) is 0 Å². The number of ether oxygens (including phenoxy) is 2. The Hall–Kier alpha value is -1.47. The zero-order valence-electron chi connectivity index (χ0n) is 33.7. The number of esters is 2. The van der Waals surface area contributed by atoms with E-state index in [4.69, 9.17) is 19.3 Å². The summed E-state index contributed by atoms with van der Waals surface area (Å²) >= 11 is 0. The lowest BCUT2D eigenvalue weighted by Gasteiger charge is -2.18. The van der Waals surface area contributed by atoms with E-state index in [1.54, 1.807) is 0 Å². The van der Waals surface area contributed by atoms with Crippen molar-refractivity contribution in [3.8, 4) is 0 Å². The molecule has 0 aliphatic rings. The van der Waals surface area contributed by atoms with Gasteiger partial charge in [0.15, 0.2) is 6.10 Å². The van der Waals surface area contributed by atoms with Crippen molar-refractivity contribution in [1.82, 2.24) is 0 Å². The van der Waals surface area contributed by atoms with Crippen LogP contribution in [-0.2, 0) is 28.2 Å². The number of carbonyl (C=O) groups excluding carboxylic acids is 2. The van der Waals surface area contributed by atoms with Crippen LogP contribution in [0.2, 0.25) is 0 Å². The summed E-state index contributed by atoms with van der Waals surface area (Å²) in [5.74, 6) is -0.898. The van der Waals surface area contributed by atoms with Crippen molar-refractivity contribution >= 4 is 19.8 Å². The summed E-state index contributed by atoms with van der Waals surface area (Å²) in [6.07, 6.45) is 44.7. The van der Waals surface area contributed by atoms with E-state index >= 15 is 0 Å². The fourth-order valence-corrected chi connectivity index (χ4v) is 6.55. The van der Waals surface area contributed by atoms with Gasteiger partial charge >= 0.3 is 19.8 Å². The first-order chi connectivity index (χ1) is 25.3. The van der Waals surface area contributed by atoms with E-state index in [-0.39, 0.29) is 19.4 Å². The van der Waals surface area contributed by atoms with Crippen molar-refractivity contribution in [1.29, 1.82) is 0 Å². The van der Waals surface area contributed by atoms with E-state index in [0.29, 0.717) is 12.8 Å². The lowest BCUT2D eigenvalue weighted by Crippen LogP contribution is -2.29. The highest BCUT2D eigenvalue weighted by molar-refractivity contribution is 7.46. The van der Waals surface area contributed by atoms with Gasteiger partial charge in [-0.25, -0.2) is 4.57 Å². The van der Waals surface area contributed by atoms with Gasteiger partial charge in [0.25, 0.3) is 0 Å². The smallest absolute Gasteiger partial charge is 0.462 e. The van der Waals surface area contributed by atoms with Crippen molar-refractivity contribution in [3.63, 3.8) is 0 Å². The minimum absolute atomic E-state index is 0.209. The number of hydrogen-bond acceptors (Lipinski definition) is 6. The summed E-state index contributed by atoms with van der Waals surface area (Å²) in [4.78, 5) is 42.8. The average Bonchev–Trinajstić information content (AvgIpc) is 3.11. The Kier molecular flexibility index (Phi) is 38.1. The van der Waals surface area contributed by atoms with Gasteiger partial charge in [-0.15, -0.1) is 0 Å². The first-order valence-corrected chi connectivity index (χ1v) is 23.2. The Labute approximate surface area is 319 Å². The molecule has 0 fully saturated rings. The zero-order valence-corrected chi connectivity index (χ0v) is 34.6. The topological polar surface area (TPSA) is 119 Å². The average molecular weight is 757 g/mol. The molecule has 0 radical (unpaired) electrons. The van der Waals surface area contributed by atoms with Crippen LogP contribution in [-0.4, -0.2) is 41.0 Å². The number of unbranched alkanes of at least 4 members (excludes halogenated alkanes) is 26. The third kappa shape index (κ3) is 41.3. The highest BCUT2D eigenvalue weighted by Gasteiger charge is 2.22. The molecule has 8 nitrogen and oxygen atoms in total. The van der Waals surface area contributed by atoms with Gasteiger partial charge < -0.3 is 19.3 Å². The molecule has 0 amide bonds. The van der Waals surface area contributed by atoms with E-state index in [2.05, 4.69) is 42.7 Å². The summed E-state index contributed by atoms with van der Waals surface area (Å²) in [5.41, 5.74) is 0. The van der Waals surface area contributed by atoms with E-state index < -0.39 is 32.5 Å². The lowest BCUT2D eigenvalue weighted by atomic mass is 10.1. The van der Waals surface area contributed by atoms with Crippen molar-refractivity contribution in [2.75, 3.05) is 13.2 Å². The van der Waals surface area contributed by atoms with Gasteiger partial charge in [0.2, 0.25) is 0 Å². The third-order valence-corrected chi connectivity index (χ3v) is 9.93. The summed E-state index contributed by atoms with van der Waals surface area (Å²) in [6.45, 7) is 3.68. The number of carbonyl (C=O) groups is 2. The summed E-state index contributed by atoms with van der Waals surface area (Å²) in [5, 5.41) is 0. The molecule has 0 aromatic carbocycles. The predicted octanol–water partition coefficient (Wildman–Crippen LogP) is 13.2. The van der Waals surface area contributed by atoms with Gasteiger partial charge in [-0.05, 0) is 64.2 Å². The number of rotatable bonds is 40. The molecule has 2 N–H and O–H groups in total. The van der Waals surface area contributed by atoms with E-state index in [1.807, 2.05) is 0 Å². The van der Waals surface area contributed by atoms with E-state index in [9.17, 15) is 14.2 Å². The number of hydrogen-bond donors (Lipinski definition) is 2. The first kappa shape index (κ1) is 50.5. The minimum Gasteiger partial charge on any atom is -0.462 e. The van der Waals surface area contributed by atoms with Crippen LogP contribution in [0.5, 0.6) is 0 Å². The Balaban J connectivity index is 3.90. The van der Waals surface area contributed by atoms with Gasteiger partial charge in [0.05, 0.1) is 6.61 Å². The van der Waals surface area contributed by atoms with Gasteiger partial charge in [-0.3, -0.25) is 14.1 Å². The standard InChI is InChI=1S/C43H81O8P/c1-3-5-7-9-11-13-15-17-19-20-21-22-24-26-28-30-32-34-36-38-43(45)51-41(40-50-52(46,47)48)39-49-42(44)37-35-33-31-29-27-25-23-18-16-14-12-10-8-6-4-2/h17,19,25,27,41H,3-16,18,20-24,26,28-40H2,1-2H3,(H2,46,47,48)/b19-17+,27-25+/t41-/m1/s1. The molecule has 9 heteroatoms. The monoisotopic (exact) mass is 757 g/mol. The van der Waals surface area contributed by atoms with E-state index in [0.717, 1.165) is 44.9 Å². The maximum absolute atomic E-state index is 12.4. The normalized spacial score (nSPS) is 12.6. The van der Waals surface area contributed by atoms with Gasteiger partial charge in [0.1, 0.15) is 6.61 Å². The lowest BCUT2D eigenvalue weighted by molar-refractivity contribution is -0.161. The second-order valence-electron chi connectivity index (χ2n) is 14.7. The van der Waals surface area contributed by atoms with E-state index in [1.165, 1.54) is 135 Å². The molecule has 0 saturated carbocycles. The number of phosphoric ester groups is 1. The highest BCUT2D eigenvalue weighted by Crippen LogP contribution is 2.36. The molecule has 0 spiro atoms.